The van der Waals surface area contributed by atoms with Crippen molar-refractivity contribution in [3.05, 3.63) is 97.2 Å². The van der Waals surface area contributed by atoms with Crippen LogP contribution < -0.4 is 5.32 Å². The second-order valence-electron chi connectivity index (χ2n) is 17.3. The third-order valence-electron chi connectivity index (χ3n) is 11.4. The molecule has 0 radical (unpaired) electrons. The number of aliphatic hydroxyl groups excluding tert-OH is 5. The maximum absolute atomic E-state index is 13.3. The van der Waals surface area contributed by atoms with E-state index in [2.05, 4.69) is 56.5 Å². The Kier molecular flexibility index (Phi) is 39.4. The van der Waals surface area contributed by atoms with Gasteiger partial charge in [-0.05, 0) is 64.2 Å². The molecule has 0 aliphatic carbocycles. The van der Waals surface area contributed by atoms with Crippen molar-refractivity contribution < 1.29 is 49.3 Å². The van der Waals surface area contributed by atoms with Gasteiger partial charge in [-0.1, -0.05) is 201 Å². The minimum Gasteiger partial charge on any atom is -0.454 e. The second-order valence-corrected chi connectivity index (χ2v) is 17.3. The molecule has 6 N–H and O–H groups in total. The van der Waals surface area contributed by atoms with Crippen LogP contribution in [0.4, 0.5) is 0 Å². The Hall–Kier alpha value is -3.42. The molecule has 1 aliphatic rings. The van der Waals surface area contributed by atoms with Gasteiger partial charge in [0.25, 0.3) is 0 Å². The Morgan fingerprint density at radius 1 is 0.621 bits per heavy atom. The zero-order chi connectivity index (χ0) is 48.3. The summed E-state index contributed by atoms with van der Waals surface area (Å²) in [4.78, 5) is 26.3. The Bertz CT molecular complexity index is 1430. The largest absolute Gasteiger partial charge is 0.454 e. The fourth-order valence-corrected chi connectivity index (χ4v) is 7.30. The van der Waals surface area contributed by atoms with E-state index in [1.165, 1.54) is 38.5 Å². The van der Waals surface area contributed by atoms with Gasteiger partial charge in [-0.2, -0.15) is 0 Å². The number of nitrogens with one attached hydrogen (secondary N) is 1. The first kappa shape index (κ1) is 60.6. The number of hydrogen-bond donors (Lipinski definition) is 6. The van der Waals surface area contributed by atoms with Crippen LogP contribution in [0.2, 0.25) is 0 Å². The molecule has 1 amide bonds. The molecule has 1 heterocycles. The van der Waals surface area contributed by atoms with Gasteiger partial charge in [0, 0.05) is 6.42 Å². The Morgan fingerprint density at radius 3 is 1.79 bits per heavy atom. The number of carbonyl (C=O) groups is 2. The Balaban J connectivity index is 2.85. The number of aliphatic hydroxyl groups is 5. The highest BCUT2D eigenvalue weighted by Gasteiger charge is 2.47. The molecule has 8 unspecified atom stereocenters. The number of amides is 1. The van der Waals surface area contributed by atoms with E-state index in [0.29, 0.717) is 19.3 Å². The van der Waals surface area contributed by atoms with Crippen LogP contribution in [-0.4, -0.2) is 99.6 Å². The number of esters is 1. The van der Waals surface area contributed by atoms with Crippen LogP contribution in [0, 0.1) is 0 Å². The molecule has 11 nitrogen and oxygen atoms in total. The highest BCUT2D eigenvalue weighted by atomic mass is 16.7. The second kappa shape index (κ2) is 42.9. The average molecular weight is 926 g/mol. The number of ether oxygens (including phenoxy) is 3. The van der Waals surface area contributed by atoms with Crippen molar-refractivity contribution in [2.45, 2.75) is 224 Å². The van der Waals surface area contributed by atoms with Crippen LogP contribution in [-0.2, 0) is 23.8 Å². The molecule has 0 aromatic heterocycles. The Labute approximate surface area is 399 Å². The molecule has 1 saturated heterocycles. The predicted molar refractivity (Wildman–Crippen MR) is 268 cm³/mol. The van der Waals surface area contributed by atoms with Crippen molar-refractivity contribution >= 4 is 11.9 Å². The summed E-state index contributed by atoms with van der Waals surface area (Å²) in [5.74, 6) is -1.29. The van der Waals surface area contributed by atoms with Crippen molar-refractivity contribution in [1.82, 2.24) is 5.32 Å². The predicted octanol–water partition coefficient (Wildman–Crippen LogP) is 10.4. The number of allylic oxidation sites excluding steroid dienone is 15. The zero-order valence-electron chi connectivity index (χ0n) is 41.0. The minimum atomic E-state index is -1.65. The lowest BCUT2D eigenvalue weighted by atomic mass is 9.99. The molecule has 1 fully saturated rings. The molecule has 66 heavy (non-hydrogen) atoms. The fraction of sp³-hybridized carbons (Fsp3) is 0.673. The lowest BCUT2D eigenvalue weighted by Crippen LogP contribution is -2.61. The summed E-state index contributed by atoms with van der Waals surface area (Å²) in [5, 5.41) is 56.5. The van der Waals surface area contributed by atoms with Crippen LogP contribution in [0.25, 0.3) is 0 Å². The van der Waals surface area contributed by atoms with E-state index in [0.717, 1.165) is 83.5 Å². The molecule has 0 bridgehead atoms. The molecule has 0 aromatic rings. The topological polar surface area (TPSA) is 175 Å². The van der Waals surface area contributed by atoms with Gasteiger partial charge >= 0.3 is 5.97 Å². The number of unbranched alkanes of at least 4 members (excludes halogenated alkanes) is 16. The van der Waals surface area contributed by atoms with Crippen molar-refractivity contribution in [3.8, 4) is 0 Å². The van der Waals surface area contributed by atoms with Gasteiger partial charge in [-0.25, -0.2) is 0 Å². The summed E-state index contributed by atoms with van der Waals surface area (Å²) in [6.45, 7) is 5.43. The van der Waals surface area contributed by atoms with Crippen LogP contribution in [0.15, 0.2) is 97.2 Å². The quantitative estimate of drug-likeness (QED) is 0.0150. The van der Waals surface area contributed by atoms with Gasteiger partial charge in [0.15, 0.2) is 12.4 Å². The molecule has 376 valence electrons. The van der Waals surface area contributed by atoms with Gasteiger partial charge in [-0.3, -0.25) is 9.59 Å². The number of rotatable bonds is 40. The number of carbonyl (C=O) groups excluding carboxylic acids is 2. The van der Waals surface area contributed by atoms with E-state index in [4.69, 9.17) is 14.2 Å². The van der Waals surface area contributed by atoms with E-state index in [-0.39, 0.29) is 19.4 Å². The van der Waals surface area contributed by atoms with E-state index < -0.39 is 67.4 Å². The molecule has 1 aliphatic heterocycles. The van der Waals surface area contributed by atoms with Crippen molar-refractivity contribution in [2.24, 2.45) is 0 Å². The van der Waals surface area contributed by atoms with Gasteiger partial charge in [-0.15, -0.1) is 0 Å². The highest BCUT2D eigenvalue weighted by molar-refractivity contribution is 5.80. The van der Waals surface area contributed by atoms with Gasteiger partial charge < -0.3 is 45.1 Å². The first-order chi connectivity index (χ1) is 32.2. The average Bonchev–Trinajstić information content (AvgIpc) is 3.31. The summed E-state index contributed by atoms with van der Waals surface area (Å²) >= 11 is 0. The molecule has 0 aromatic carbocycles. The standard InChI is InChI=1S/C55H91NO10/c1-4-7-10-13-16-19-22-24-27-30-33-36-39-42-48(59)54(63)56-46(47(58)41-38-35-32-29-26-21-18-15-12-9-6-3)45-64-55-53(52(62)51(61)49(44-57)65-55)66-50(60)43-40-37-34-31-28-25-23-20-17-14-11-8-5-2/h7-8,10-11,14,16-17,19-20,23,25,28,31,34,38,41,46-49,51-53,55,57-59,61-62H,4-6,9,12-13,15,18,21-22,24,26-27,29-30,32-33,35-37,39-40,42-45H2,1-3H3,(H,56,63)/b10-7+,11-8+,17-14+,19-16+,23-20-,28-25-,34-31+,41-38+. The first-order valence-corrected chi connectivity index (χ1v) is 25.6. The molecule has 0 saturated carbocycles. The molecule has 8 atom stereocenters. The van der Waals surface area contributed by atoms with Crippen LogP contribution in [0.3, 0.4) is 0 Å². The fourth-order valence-electron chi connectivity index (χ4n) is 7.30. The van der Waals surface area contributed by atoms with Crippen molar-refractivity contribution in [1.29, 1.82) is 0 Å². The third kappa shape index (κ3) is 31.5. The molecule has 11 heteroatoms. The monoisotopic (exact) mass is 926 g/mol. The van der Waals surface area contributed by atoms with Gasteiger partial charge in [0.1, 0.15) is 24.4 Å². The van der Waals surface area contributed by atoms with Crippen LogP contribution >= 0.6 is 0 Å². The molecular formula is C55H91NO10. The van der Waals surface area contributed by atoms with Gasteiger partial charge in [0.2, 0.25) is 5.91 Å². The SMILES string of the molecule is CC/C=C/C=C/C=C\C=C/C=C/CCCC(=O)OC1C(OCC(NC(=O)C(O)CCCCCCCC/C=C/C/C=C/CC)C(O)/C=C/CCCCCCCCCCC)OC(CO)C(O)C1O. The maximum Gasteiger partial charge on any atom is 0.306 e. The smallest absolute Gasteiger partial charge is 0.306 e. The van der Waals surface area contributed by atoms with E-state index in [1.54, 1.807) is 6.08 Å². The van der Waals surface area contributed by atoms with E-state index >= 15 is 0 Å². The van der Waals surface area contributed by atoms with Crippen molar-refractivity contribution in [2.75, 3.05) is 13.2 Å². The van der Waals surface area contributed by atoms with Crippen LogP contribution in [0.5, 0.6) is 0 Å². The summed E-state index contributed by atoms with van der Waals surface area (Å²) in [5.41, 5.74) is 0. The van der Waals surface area contributed by atoms with Gasteiger partial charge in [0.05, 0.1) is 25.4 Å². The highest BCUT2D eigenvalue weighted by Crippen LogP contribution is 2.26. The normalized spacial score (nSPS) is 21.0. The van der Waals surface area contributed by atoms with E-state index in [9.17, 15) is 35.1 Å². The Morgan fingerprint density at radius 2 is 1.17 bits per heavy atom. The third-order valence-corrected chi connectivity index (χ3v) is 11.4. The summed E-state index contributed by atoms with van der Waals surface area (Å²) in [6.07, 6.45) is 44.7. The summed E-state index contributed by atoms with van der Waals surface area (Å²) in [7, 11) is 0. The molecular weight excluding hydrogens is 835 g/mol. The first-order valence-electron chi connectivity index (χ1n) is 25.6. The minimum absolute atomic E-state index is 0.0214. The lowest BCUT2D eigenvalue weighted by Gasteiger charge is -2.41. The lowest BCUT2D eigenvalue weighted by molar-refractivity contribution is -0.305. The summed E-state index contributed by atoms with van der Waals surface area (Å²) < 4.78 is 17.4. The zero-order valence-corrected chi connectivity index (χ0v) is 41.0. The maximum atomic E-state index is 13.3. The molecule has 1 rings (SSSR count). The summed E-state index contributed by atoms with van der Waals surface area (Å²) in [6, 6.07) is -1.05. The van der Waals surface area contributed by atoms with E-state index in [1.807, 2.05) is 60.8 Å². The molecule has 0 spiro atoms. The number of hydrogen-bond acceptors (Lipinski definition) is 10. The van der Waals surface area contributed by atoms with Crippen LogP contribution in [0.1, 0.15) is 175 Å². The van der Waals surface area contributed by atoms with Crippen molar-refractivity contribution in [3.63, 3.8) is 0 Å².